The summed E-state index contributed by atoms with van der Waals surface area (Å²) in [5.41, 5.74) is 0.973. The van der Waals surface area contributed by atoms with E-state index in [2.05, 4.69) is 0 Å². The zero-order valence-electron chi connectivity index (χ0n) is 21.7. The average Bonchev–Trinajstić information content (AvgIpc) is 2.90. The summed E-state index contributed by atoms with van der Waals surface area (Å²) in [4.78, 5) is 37.7. The fraction of sp³-hybridized carbons (Fsp3) is 0.345. The van der Waals surface area contributed by atoms with Crippen LogP contribution in [-0.4, -0.2) is 65.2 Å². The van der Waals surface area contributed by atoms with Crippen LogP contribution in [0.25, 0.3) is 17.0 Å². The molecule has 1 saturated heterocycles. The van der Waals surface area contributed by atoms with Gasteiger partial charge in [-0.25, -0.2) is 4.79 Å². The van der Waals surface area contributed by atoms with Crippen molar-refractivity contribution in [1.82, 2.24) is 0 Å². The van der Waals surface area contributed by atoms with Gasteiger partial charge in [0.05, 0.1) is 31.1 Å². The number of hydrogen-bond donors (Lipinski definition) is 3. The highest BCUT2D eigenvalue weighted by Crippen LogP contribution is 2.43. The van der Waals surface area contributed by atoms with E-state index < -0.39 is 48.5 Å². The Kier molecular flexibility index (Phi) is 8.61. The van der Waals surface area contributed by atoms with E-state index in [0.29, 0.717) is 5.56 Å². The molecule has 206 valence electrons. The molecule has 10 heteroatoms. The van der Waals surface area contributed by atoms with Gasteiger partial charge in [-0.05, 0) is 37.1 Å². The van der Waals surface area contributed by atoms with Crippen LogP contribution in [0.3, 0.4) is 0 Å². The molecule has 10 nitrogen and oxygen atoms in total. The molecule has 0 saturated carbocycles. The number of ether oxygens (including phenoxy) is 3. The Morgan fingerprint density at radius 3 is 2.46 bits per heavy atom. The van der Waals surface area contributed by atoms with E-state index in [0.717, 1.165) is 5.56 Å². The minimum absolute atomic E-state index is 0.0155. The molecule has 0 unspecified atom stereocenters. The van der Waals surface area contributed by atoms with Crippen LogP contribution in [0.15, 0.2) is 57.8 Å². The van der Waals surface area contributed by atoms with Crippen molar-refractivity contribution in [3.8, 4) is 5.75 Å². The summed E-state index contributed by atoms with van der Waals surface area (Å²) < 4.78 is 23.1. The van der Waals surface area contributed by atoms with Crippen molar-refractivity contribution in [1.29, 1.82) is 0 Å². The molecule has 0 amide bonds. The minimum atomic E-state index is -1.68. The first-order valence-corrected chi connectivity index (χ1v) is 12.3. The first-order chi connectivity index (χ1) is 18.6. The number of aliphatic hydroxyl groups excluding tert-OH is 3. The number of ketones is 1. The third kappa shape index (κ3) is 5.94. The Bertz CT molecular complexity index is 1440. The van der Waals surface area contributed by atoms with Crippen molar-refractivity contribution in [2.75, 3.05) is 13.7 Å². The van der Waals surface area contributed by atoms with Gasteiger partial charge >= 0.3 is 5.97 Å². The maximum absolute atomic E-state index is 13.1. The molecule has 1 aliphatic heterocycles. The molecule has 4 rings (SSSR count). The van der Waals surface area contributed by atoms with Crippen molar-refractivity contribution in [3.63, 3.8) is 0 Å². The number of rotatable bonds is 8. The van der Waals surface area contributed by atoms with Gasteiger partial charge < -0.3 is 33.9 Å². The molecule has 3 aromatic rings. The number of methoxy groups -OCH3 is 1. The summed E-state index contributed by atoms with van der Waals surface area (Å²) in [6.07, 6.45) is -4.80. The fourth-order valence-electron chi connectivity index (χ4n) is 4.69. The number of fused-ring (bicyclic) bond motifs is 1. The second-order valence-electron chi connectivity index (χ2n) is 9.37. The van der Waals surface area contributed by atoms with Gasteiger partial charge in [0.2, 0.25) is 0 Å². The van der Waals surface area contributed by atoms with Gasteiger partial charge in [0.15, 0.2) is 11.5 Å². The number of benzene rings is 2. The lowest BCUT2D eigenvalue weighted by atomic mass is 9.89. The SMILES string of the molecule is COc1cc(C)c2c(=O)cc(CC(C)=O)oc2c1[C@@H]1O[C@H](CO)[C@@H](O)[C@H](O)[C@H]1OC(=O)C=Cc1ccccc1. The molecule has 1 aromatic heterocycles. The normalized spacial score (nSPS) is 23.2. The molecule has 2 heterocycles. The predicted octanol–water partition coefficient (Wildman–Crippen LogP) is 2.02. The maximum Gasteiger partial charge on any atom is 0.331 e. The van der Waals surface area contributed by atoms with Gasteiger partial charge in [-0.15, -0.1) is 0 Å². The lowest BCUT2D eigenvalue weighted by Gasteiger charge is -2.42. The maximum atomic E-state index is 13.1. The van der Waals surface area contributed by atoms with E-state index in [1.165, 1.54) is 32.3 Å². The van der Waals surface area contributed by atoms with Crippen LogP contribution >= 0.6 is 0 Å². The van der Waals surface area contributed by atoms with E-state index >= 15 is 0 Å². The number of aryl methyl sites for hydroxylation is 1. The Balaban J connectivity index is 1.85. The van der Waals surface area contributed by atoms with Crippen LogP contribution in [0.4, 0.5) is 0 Å². The number of esters is 1. The molecular formula is C29H30O10. The van der Waals surface area contributed by atoms with Gasteiger partial charge in [-0.3, -0.25) is 9.59 Å². The molecule has 2 aromatic carbocycles. The van der Waals surface area contributed by atoms with Crippen LogP contribution in [0, 0.1) is 6.92 Å². The van der Waals surface area contributed by atoms with Crippen LogP contribution in [0.2, 0.25) is 0 Å². The van der Waals surface area contributed by atoms with Gasteiger partial charge in [0.1, 0.15) is 47.3 Å². The van der Waals surface area contributed by atoms with Gasteiger partial charge in [-0.1, -0.05) is 30.3 Å². The Morgan fingerprint density at radius 2 is 1.82 bits per heavy atom. The molecule has 5 atom stereocenters. The second-order valence-corrected chi connectivity index (χ2v) is 9.37. The highest BCUT2D eigenvalue weighted by Gasteiger charge is 2.49. The number of Topliss-reactive ketones (excluding diaryl/α,β-unsaturated/α-hetero) is 1. The van der Waals surface area contributed by atoms with E-state index in [1.54, 1.807) is 37.3 Å². The Labute approximate surface area is 224 Å². The zero-order chi connectivity index (χ0) is 28.3. The molecule has 1 fully saturated rings. The van der Waals surface area contributed by atoms with E-state index in [-0.39, 0.29) is 40.2 Å². The smallest absolute Gasteiger partial charge is 0.331 e. The summed E-state index contributed by atoms with van der Waals surface area (Å²) in [5, 5.41) is 31.6. The second kappa shape index (κ2) is 11.9. The summed E-state index contributed by atoms with van der Waals surface area (Å²) >= 11 is 0. The van der Waals surface area contributed by atoms with Crippen LogP contribution in [0.1, 0.15) is 35.5 Å². The summed E-state index contributed by atoms with van der Waals surface area (Å²) in [5.74, 6) is -0.777. The molecule has 1 aliphatic rings. The number of hydrogen-bond acceptors (Lipinski definition) is 10. The summed E-state index contributed by atoms with van der Waals surface area (Å²) in [6, 6.07) is 11.8. The Morgan fingerprint density at radius 1 is 1.10 bits per heavy atom. The topological polar surface area (TPSA) is 153 Å². The number of aliphatic hydroxyl groups is 3. The molecule has 0 radical (unpaired) electrons. The standard InChI is InChI=1S/C29H30O10/c1-15-11-20(36-3)24(27-23(15)19(32)13-18(37-27)12-16(2)31)28-29(26(35)25(34)21(14-30)38-28)39-22(33)10-9-17-7-5-4-6-8-17/h4-11,13,21,25-26,28-30,34-35H,12,14H2,1-3H3/t21-,25-,26+,28+,29-/m1/s1. The molecule has 0 bridgehead atoms. The lowest BCUT2D eigenvalue weighted by molar-refractivity contribution is -0.239. The monoisotopic (exact) mass is 538 g/mol. The first kappa shape index (κ1) is 28.2. The average molecular weight is 539 g/mol. The largest absolute Gasteiger partial charge is 0.496 e. The van der Waals surface area contributed by atoms with E-state index in [9.17, 15) is 29.7 Å². The summed E-state index contributed by atoms with van der Waals surface area (Å²) in [6.45, 7) is 2.38. The van der Waals surface area contributed by atoms with E-state index in [4.69, 9.17) is 18.6 Å². The summed E-state index contributed by atoms with van der Waals surface area (Å²) in [7, 11) is 1.38. The number of carbonyl (C=O) groups is 2. The first-order valence-electron chi connectivity index (χ1n) is 12.3. The molecule has 0 aliphatic carbocycles. The molecule has 0 spiro atoms. The lowest BCUT2D eigenvalue weighted by Crippen LogP contribution is -2.56. The molecule has 39 heavy (non-hydrogen) atoms. The minimum Gasteiger partial charge on any atom is -0.496 e. The van der Waals surface area contributed by atoms with Crippen molar-refractivity contribution < 1.29 is 43.5 Å². The van der Waals surface area contributed by atoms with Crippen LogP contribution in [0.5, 0.6) is 5.75 Å². The quantitative estimate of drug-likeness (QED) is 0.287. The third-order valence-corrected chi connectivity index (χ3v) is 6.51. The van der Waals surface area contributed by atoms with Crippen LogP contribution < -0.4 is 10.2 Å². The Hall–Kier alpha value is -3.83. The fourth-order valence-corrected chi connectivity index (χ4v) is 4.69. The molecule has 3 N–H and O–H groups in total. The van der Waals surface area contributed by atoms with Crippen molar-refractivity contribution >= 4 is 28.8 Å². The highest BCUT2D eigenvalue weighted by molar-refractivity contribution is 5.88. The zero-order valence-corrected chi connectivity index (χ0v) is 21.7. The van der Waals surface area contributed by atoms with Crippen LogP contribution in [-0.2, 0) is 25.5 Å². The predicted molar refractivity (Wildman–Crippen MR) is 140 cm³/mol. The van der Waals surface area contributed by atoms with Crippen molar-refractivity contribution in [2.24, 2.45) is 0 Å². The van der Waals surface area contributed by atoms with Gasteiger partial charge in [0, 0.05) is 12.1 Å². The molecular weight excluding hydrogens is 508 g/mol. The van der Waals surface area contributed by atoms with Gasteiger partial charge in [0.25, 0.3) is 0 Å². The van der Waals surface area contributed by atoms with Gasteiger partial charge in [-0.2, -0.15) is 0 Å². The highest BCUT2D eigenvalue weighted by atomic mass is 16.6. The van der Waals surface area contributed by atoms with Crippen molar-refractivity contribution in [3.05, 3.63) is 81.2 Å². The van der Waals surface area contributed by atoms with E-state index in [1.807, 2.05) is 6.07 Å². The third-order valence-electron chi connectivity index (χ3n) is 6.51. The van der Waals surface area contributed by atoms with Crippen molar-refractivity contribution in [2.45, 2.75) is 50.8 Å². The number of carbonyl (C=O) groups excluding carboxylic acids is 2.